The third-order valence-corrected chi connectivity index (χ3v) is 4.88. The van der Waals surface area contributed by atoms with Crippen molar-refractivity contribution in [3.63, 3.8) is 0 Å². The van der Waals surface area contributed by atoms with Crippen molar-refractivity contribution < 1.29 is 14.3 Å². The van der Waals surface area contributed by atoms with Crippen molar-refractivity contribution in [2.75, 3.05) is 5.32 Å². The maximum Gasteiger partial charge on any atom is 0.250 e. The van der Waals surface area contributed by atoms with Crippen LogP contribution in [0.2, 0.25) is 0 Å². The van der Waals surface area contributed by atoms with Gasteiger partial charge in [0.2, 0.25) is 5.91 Å². The van der Waals surface area contributed by atoms with Gasteiger partial charge in [0.05, 0.1) is 17.0 Å². The van der Waals surface area contributed by atoms with Crippen LogP contribution in [0.1, 0.15) is 10.4 Å². The second kappa shape index (κ2) is 9.62. The Morgan fingerprint density at radius 1 is 0.848 bits per heavy atom. The third kappa shape index (κ3) is 5.14. The summed E-state index contributed by atoms with van der Waals surface area (Å²) in [6.45, 7) is 3.46. The van der Waals surface area contributed by atoms with Crippen LogP contribution in [0.3, 0.4) is 0 Å². The Labute approximate surface area is 191 Å². The number of nitrogens with zero attached hydrogens (tertiary/aromatic N) is 1. The molecule has 0 unspecified atom stereocenters. The van der Waals surface area contributed by atoms with Gasteiger partial charge in [-0.15, -0.1) is 0 Å². The number of hydrogen-bond acceptors (Lipinski definition) is 4. The van der Waals surface area contributed by atoms with E-state index in [0.29, 0.717) is 28.4 Å². The van der Waals surface area contributed by atoms with Crippen molar-refractivity contribution >= 4 is 17.5 Å². The lowest BCUT2D eigenvalue weighted by atomic mass is 10.0. The van der Waals surface area contributed by atoms with Gasteiger partial charge in [-0.3, -0.25) is 9.59 Å². The lowest BCUT2D eigenvalue weighted by Gasteiger charge is -2.11. The highest BCUT2D eigenvalue weighted by Gasteiger charge is 2.14. The summed E-state index contributed by atoms with van der Waals surface area (Å²) in [5, 5.41) is 2.73. The summed E-state index contributed by atoms with van der Waals surface area (Å²) in [4.78, 5) is 28.4. The zero-order valence-electron chi connectivity index (χ0n) is 17.7. The fourth-order valence-corrected chi connectivity index (χ4v) is 3.29. The third-order valence-electron chi connectivity index (χ3n) is 4.88. The second-order valence-electron chi connectivity index (χ2n) is 7.17. The Balaban J connectivity index is 1.67. The van der Waals surface area contributed by atoms with Gasteiger partial charge in [0.15, 0.2) is 0 Å². The Morgan fingerprint density at radius 2 is 1.58 bits per heavy atom. The van der Waals surface area contributed by atoms with Gasteiger partial charge in [0, 0.05) is 16.8 Å². The predicted molar refractivity (Wildman–Crippen MR) is 129 cm³/mol. The summed E-state index contributed by atoms with van der Waals surface area (Å²) in [5.41, 5.74) is 9.13. The van der Waals surface area contributed by atoms with Crippen molar-refractivity contribution in [3.05, 3.63) is 109 Å². The van der Waals surface area contributed by atoms with Crippen molar-refractivity contribution in [2.24, 2.45) is 5.73 Å². The number of anilines is 1. The number of carbonyl (C=O) groups excluding carboxylic acids is 2. The first-order valence-electron chi connectivity index (χ1n) is 10.2. The van der Waals surface area contributed by atoms with Crippen LogP contribution in [0.4, 0.5) is 5.69 Å². The molecule has 3 aromatic carbocycles. The molecule has 162 valence electrons. The van der Waals surface area contributed by atoms with Gasteiger partial charge in [0.1, 0.15) is 11.5 Å². The molecule has 1 aromatic heterocycles. The Kier molecular flexibility index (Phi) is 6.27. The number of nitrogens with one attached hydrogen (secondary N) is 1. The fourth-order valence-electron chi connectivity index (χ4n) is 3.29. The van der Waals surface area contributed by atoms with Gasteiger partial charge in [0.25, 0.3) is 5.91 Å². The van der Waals surface area contributed by atoms with Gasteiger partial charge in [-0.25, -0.2) is 4.98 Å². The molecule has 0 fully saturated rings. The lowest BCUT2D eigenvalue weighted by molar-refractivity contribution is -0.111. The van der Waals surface area contributed by atoms with E-state index in [1.807, 2.05) is 66.7 Å². The second-order valence-corrected chi connectivity index (χ2v) is 7.17. The number of ether oxygens (including phenoxy) is 1. The van der Waals surface area contributed by atoms with Crippen LogP contribution < -0.4 is 15.8 Å². The summed E-state index contributed by atoms with van der Waals surface area (Å²) >= 11 is 0. The minimum atomic E-state index is -0.569. The highest BCUT2D eigenvalue weighted by Crippen LogP contribution is 2.30. The molecule has 6 heteroatoms. The molecule has 0 atom stereocenters. The summed E-state index contributed by atoms with van der Waals surface area (Å²) in [5.74, 6) is 0.516. The van der Waals surface area contributed by atoms with Gasteiger partial charge in [-0.1, -0.05) is 36.9 Å². The molecule has 6 nitrogen and oxygen atoms in total. The van der Waals surface area contributed by atoms with Crippen molar-refractivity contribution in [1.29, 1.82) is 0 Å². The highest BCUT2D eigenvalue weighted by molar-refractivity contribution is 6.00. The standard InChI is InChI=1S/C27H21N3O3/c1-2-25(31)29-20-8-6-7-19(17-20)24-16-15-23(27(28)32)26(30-24)18-11-13-22(14-12-18)33-21-9-4-3-5-10-21/h2-17H,1H2,(H2,28,32)(H,29,31). The summed E-state index contributed by atoms with van der Waals surface area (Å²) in [6.07, 6.45) is 1.20. The topological polar surface area (TPSA) is 94.3 Å². The number of para-hydroxylation sites is 1. The van der Waals surface area contributed by atoms with Crippen LogP contribution in [0.25, 0.3) is 22.5 Å². The monoisotopic (exact) mass is 435 g/mol. The molecule has 4 rings (SSSR count). The van der Waals surface area contributed by atoms with Gasteiger partial charge < -0.3 is 15.8 Å². The van der Waals surface area contributed by atoms with Gasteiger partial charge in [-0.2, -0.15) is 0 Å². The average Bonchev–Trinajstić information content (AvgIpc) is 2.85. The van der Waals surface area contributed by atoms with E-state index in [1.54, 1.807) is 24.3 Å². The zero-order valence-corrected chi connectivity index (χ0v) is 17.7. The molecule has 0 radical (unpaired) electrons. The Bertz CT molecular complexity index is 1320. The normalized spacial score (nSPS) is 10.3. The number of aromatic nitrogens is 1. The first-order chi connectivity index (χ1) is 16.0. The van der Waals surface area contributed by atoms with Crippen molar-refractivity contribution in [2.45, 2.75) is 0 Å². The molecule has 0 saturated carbocycles. The van der Waals surface area contributed by atoms with Crippen LogP contribution in [0.5, 0.6) is 11.5 Å². The van der Waals surface area contributed by atoms with E-state index >= 15 is 0 Å². The predicted octanol–water partition coefficient (Wildman–Crippen LogP) is 5.43. The lowest BCUT2D eigenvalue weighted by Crippen LogP contribution is -2.13. The molecule has 0 saturated heterocycles. The van der Waals surface area contributed by atoms with Gasteiger partial charge in [-0.05, 0) is 66.7 Å². The molecule has 0 aliphatic carbocycles. The number of primary amides is 1. The van der Waals surface area contributed by atoms with Crippen molar-refractivity contribution in [3.8, 4) is 34.0 Å². The fraction of sp³-hybridized carbons (Fsp3) is 0. The van der Waals surface area contributed by atoms with E-state index in [1.165, 1.54) is 6.08 Å². The van der Waals surface area contributed by atoms with Crippen LogP contribution in [-0.4, -0.2) is 16.8 Å². The molecular weight excluding hydrogens is 414 g/mol. The first kappa shape index (κ1) is 21.5. The molecule has 0 aliphatic heterocycles. The maximum absolute atomic E-state index is 12.1. The summed E-state index contributed by atoms with van der Waals surface area (Å²) < 4.78 is 5.84. The van der Waals surface area contributed by atoms with E-state index in [0.717, 1.165) is 16.9 Å². The molecule has 1 heterocycles. The molecule has 0 bridgehead atoms. The summed E-state index contributed by atoms with van der Waals surface area (Å²) in [7, 11) is 0. The molecule has 0 spiro atoms. The number of pyridine rings is 1. The molecule has 3 N–H and O–H groups in total. The molecule has 0 aliphatic rings. The van der Waals surface area contributed by atoms with Crippen LogP contribution in [0.15, 0.2) is 104 Å². The van der Waals surface area contributed by atoms with Crippen LogP contribution in [-0.2, 0) is 4.79 Å². The average molecular weight is 435 g/mol. The molecule has 4 aromatic rings. The van der Waals surface area contributed by atoms with E-state index in [9.17, 15) is 9.59 Å². The SMILES string of the molecule is C=CC(=O)Nc1cccc(-c2ccc(C(N)=O)c(-c3ccc(Oc4ccccc4)cc3)n2)c1. The number of hydrogen-bond donors (Lipinski definition) is 2. The Hall–Kier alpha value is -4.71. The van der Waals surface area contributed by atoms with E-state index in [4.69, 9.17) is 15.5 Å². The molecular formula is C27H21N3O3. The van der Waals surface area contributed by atoms with Crippen LogP contribution >= 0.6 is 0 Å². The van der Waals surface area contributed by atoms with Gasteiger partial charge >= 0.3 is 0 Å². The Morgan fingerprint density at radius 3 is 2.27 bits per heavy atom. The summed E-state index contributed by atoms with van der Waals surface area (Å²) in [6, 6.07) is 27.4. The number of rotatable bonds is 7. The smallest absolute Gasteiger partial charge is 0.250 e. The van der Waals surface area contributed by atoms with Crippen LogP contribution in [0, 0.1) is 0 Å². The van der Waals surface area contributed by atoms with Crippen molar-refractivity contribution in [1.82, 2.24) is 4.98 Å². The zero-order chi connectivity index (χ0) is 23.2. The number of amides is 2. The minimum absolute atomic E-state index is 0.303. The van der Waals surface area contributed by atoms with E-state index in [2.05, 4.69) is 11.9 Å². The van der Waals surface area contributed by atoms with E-state index in [-0.39, 0.29) is 5.91 Å². The highest BCUT2D eigenvalue weighted by atomic mass is 16.5. The number of nitrogens with two attached hydrogens (primary N) is 1. The minimum Gasteiger partial charge on any atom is -0.457 e. The largest absolute Gasteiger partial charge is 0.457 e. The first-order valence-corrected chi connectivity index (χ1v) is 10.2. The maximum atomic E-state index is 12.1. The molecule has 33 heavy (non-hydrogen) atoms. The van der Waals surface area contributed by atoms with E-state index < -0.39 is 5.91 Å². The molecule has 2 amide bonds. The quantitative estimate of drug-likeness (QED) is 0.378. The number of carbonyl (C=O) groups is 2. The number of benzene rings is 3.